The minimum absolute atomic E-state index is 0. The molecule has 24 heavy (non-hydrogen) atoms. The Morgan fingerprint density at radius 2 is 2.00 bits per heavy atom. The molecule has 0 bridgehead atoms. The number of carbonyl (C=O) groups is 2. The molecule has 0 spiro atoms. The number of carbonyl (C=O) groups excluding carboxylic acids is 2. The van der Waals surface area contributed by atoms with Crippen LogP contribution in [-0.2, 0) is 9.59 Å². The predicted molar refractivity (Wildman–Crippen MR) is 97.5 cm³/mol. The van der Waals surface area contributed by atoms with Gasteiger partial charge in [-0.2, -0.15) is 0 Å². The molecule has 1 aromatic carbocycles. The number of hydrogen-bond acceptors (Lipinski definition) is 3. The molecule has 7 heteroatoms. The Hall–Kier alpha value is -1.30. The summed E-state index contributed by atoms with van der Waals surface area (Å²) in [6, 6.07) is 7.31. The molecule has 2 fully saturated rings. The zero-order chi connectivity index (χ0) is 16.6. The molecule has 3 atom stereocenters. The smallest absolute Gasteiger partial charge is 0.239 e. The number of likely N-dealkylation sites (tertiary alicyclic amines) is 1. The molecular formula is C17H23Cl2N3O2. The minimum Gasteiger partial charge on any atom is -0.339 e. The van der Waals surface area contributed by atoms with Crippen molar-refractivity contribution in [2.75, 3.05) is 24.5 Å². The molecule has 132 valence electrons. The number of nitrogens with zero attached hydrogens (tertiary/aromatic N) is 2. The van der Waals surface area contributed by atoms with E-state index in [2.05, 4.69) is 0 Å². The molecule has 2 saturated heterocycles. The van der Waals surface area contributed by atoms with Gasteiger partial charge in [-0.25, -0.2) is 0 Å². The van der Waals surface area contributed by atoms with Crippen molar-refractivity contribution < 1.29 is 9.59 Å². The molecule has 3 unspecified atom stereocenters. The van der Waals surface area contributed by atoms with Crippen LogP contribution in [0.25, 0.3) is 0 Å². The van der Waals surface area contributed by atoms with E-state index in [1.807, 2.05) is 24.0 Å². The summed E-state index contributed by atoms with van der Waals surface area (Å²) in [4.78, 5) is 29.0. The van der Waals surface area contributed by atoms with Crippen molar-refractivity contribution in [1.29, 1.82) is 0 Å². The van der Waals surface area contributed by atoms with Crippen LogP contribution in [0.15, 0.2) is 24.3 Å². The lowest BCUT2D eigenvalue weighted by Crippen LogP contribution is -2.42. The van der Waals surface area contributed by atoms with Crippen LogP contribution in [0, 0.1) is 11.8 Å². The number of halogens is 2. The van der Waals surface area contributed by atoms with E-state index in [1.54, 1.807) is 17.0 Å². The van der Waals surface area contributed by atoms with Crippen LogP contribution in [0.2, 0.25) is 5.02 Å². The number of benzene rings is 1. The van der Waals surface area contributed by atoms with Crippen LogP contribution in [0.1, 0.15) is 19.8 Å². The lowest BCUT2D eigenvalue weighted by atomic mass is 10.1. The highest BCUT2D eigenvalue weighted by atomic mass is 35.5. The van der Waals surface area contributed by atoms with E-state index in [-0.39, 0.29) is 30.3 Å². The molecule has 5 nitrogen and oxygen atoms in total. The summed E-state index contributed by atoms with van der Waals surface area (Å²) in [5.74, 6) is -0.377. The Morgan fingerprint density at radius 1 is 1.33 bits per heavy atom. The highest BCUT2D eigenvalue weighted by molar-refractivity contribution is 6.30. The van der Waals surface area contributed by atoms with Crippen molar-refractivity contribution in [2.24, 2.45) is 17.6 Å². The van der Waals surface area contributed by atoms with Gasteiger partial charge in [0.15, 0.2) is 0 Å². The second kappa shape index (κ2) is 7.72. The first kappa shape index (κ1) is 19.0. The Bertz CT molecular complexity index is 608. The zero-order valence-corrected chi connectivity index (χ0v) is 15.2. The lowest BCUT2D eigenvalue weighted by Gasteiger charge is -2.24. The summed E-state index contributed by atoms with van der Waals surface area (Å²) in [5.41, 5.74) is 6.52. The summed E-state index contributed by atoms with van der Waals surface area (Å²) in [6.45, 7) is 3.86. The van der Waals surface area contributed by atoms with Crippen molar-refractivity contribution in [2.45, 2.75) is 25.8 Å². The molecule has 3 rings (SSSR count). The molecule has 0 saturated carbocycles. The Kier molecular flexibility index (Phi) is 6.12. The standard InChI is InChI=1S/C17H22ClN3O2.ClH/c1-11-8-12(9-19)10-21(11)17(23)15-6-7-20(16(15)22)14-4-2-13(18)3-5-14;/h2-5,11-12,15H,6-10,19H2,1H3;1H. The van der Waals surface area contributed by atoms with E-state index in [0.29, 0.717) is 37.0 Å². The normalized spacial score (nSPS) is 26.6. The van der Waals surface area contributed by atoms with Crippen LogP contribution in [-0.4, -0.2) is 42.4 Å². The second-order valence-electron chi connectivity index (χ2n) is 6.48. The van der Waals surface area contributed by atoms with Crippen LogP contribution < -0.4 is 10.6 Å². The number of nitrogens with two attached hydrogens (primary N) is 1. The van der Waals surface area contributed by atoms with Crippen molar-refractivity contribution >= 4 is 41.5 Å². The van der Waals surface area contributed by atoms with Gasteiger partial charge in [-0.3, -0.25) is 9.59 Å². The van der Waals surface area contributed by atoms with Crippen molar-refractivity contribution in [3.05, 3.63) is 29.3 Å². The molecule has 0 radical (unpaired) electrons. The molecule has 2 N–H and O–H groups in total. The first-order chi connectivity index (χ1) is 11.0. The number of anilines is 1. The molecule has 2 amide bonds. The Labute approximate surface area is 153 Å². The van der Waals surface area contributed by atoms with Gasteiger partial charge in [0.25, 0.3) is 0 Å². The van der Waals surface area contributed by atoms with E-state index in [1.165, 1.54) is 0 Å². The minimum atomic E-state index is -0.565. The van der Waals surface area contributed by atoms with Gasteiger partial charge in [-0.05, 0) is 56.5 Å². The monoisotopic (exact) mass is 371 g/mol. The fourth-order valence-electron chi connectivity index (χ4n) is 3.61. The van der Waals surface area contributed by atoms with Gasteiger partial charge in [-0.1, -0.05) is 11.6 Å². The van der Waals surface area contributed by atoms with Crippen LogP contribution in [0.5, 0.6) is 0 Å². The van der Waals surface area contributed by atoms with E-state index in [0.717, 1.165) is 12.1 Å². The highest BCUT2D eigenvalue weighted by Crippen LogP contribution is 2.30. The first-order valence-corrected chi connectivity index (χ1v) is 8.46. The highest BCUT2D eigenvalue weighted by Gasteiger charge is 2.42. The fraction of sp³-hybridized carbons (Fsp3) is 0.529. The van der Waals surface area contributed by atoms with E-state index in [9.17, 15) is 9.59 Å². The average Bonchev–Trinajstić information content (AvgIpc) is 3.10. The van der Waals surface area contributed by atoms with Gasteiger partial charge >= 0.3 is 0 Å². The van der Waals surface area contributed by atoms with Crippen molar-refractivity contribution in [3.63, 3.8) is 0 Å². The van der Waals surface area contributed by atoms with Crippen LogP contribution in [0.4, 0.5) is 5.69 Å². The Morgan fingerprint density at radius 3 is 2.58 bits per heavy atom. The summed E-state index contributed by atoms with van der Waals surface area (Å²) < 4.78 is 0. The summed E-state index contributed by atoms with van der Waals surface area (Å²) in [7, 11) is 0. The first-order valence-electron chi connectivity index (χ1n) is 8.08. The van der Waals surface area contributed by atoms with Crippen molar-refractivity contribution in [3.8, 4) is 0 Å². The summed E-state index contributed by atoms with van der Waals surface area (Å²) in [6.07, 6.45) is 1.49. The predicted octanol–water partition coefficient (Wildman–Crippen LogP) is 2.31. The third kappa shape index (κ3) is 3.53. The average molecular weight is 372 g/mol. The lowest BCUT2D eigenvalue weighted by molar-refractivity contribution is -0.140. The third-order valence-corrected chi connectivity index (χ3v) is 5.17. The van der Waals surface area contributed by atoms with Gasteiger partial charge in [-0.15, -0.1) is 12.4 Å². The molecule has 2 heterocycles. The number of rotatable bonds is 3. The Balaban J connectivity index is 0.00000208. The third-order valence-electron chi connectivity index (χ3n) is 4.92. The number of amides is 2. The SMILES string of the molecule is CC1CC(CN)CN1C(=O)C1CCN(c2ccc(Cl)cc2)C1=O.Cl. The quantitative estimate of drug-likeness (QED) is 0.828. The topological polar surface area (TPSA) is 66.6 Å². The maximum absolute atomic E-state index is 12.8. The van der Waals surface area contributed by atoms with E-state index >= 15 is 0 Å². The van der Waals surface area contributed by atoms with Crippen molar-refractivity contribution in [1.82, 2.24) is 4.90 Å². The molecule has 2 aliphatic heterocycles. The number of hydrogen-bond donors (Lipinski definition) is 1. The summed E-state index contributed by atoms with van der Waals surface area (Å²) >= 11 is 5.89. The largest absolute Gasteiger partial charge is 0.339 e. The maximum Gasteiger partial charge on any atom is 0.239 e. The zero-order valence-electron chi connectivity index (χ0n) is 13.7. The summed E-state index contributed by atoms with van der Waals surface area (Å²) in [5, 5.41) is 0.631. The molecule has 0 aliphatic carbocycles. The van der Waals surface area contributed by atoms with Gasteiger partial charge in [0.2, 0.25) is 11.8 Å². The van der Waals surface area contributed by atoms with Crippen LogP contribution in [0.3, 0.4) is 0 Å². The molecule has 1 aromatic rings. The fourth-order valence-corrected chi connectivity index (χ4v) is 3.73. The molecular weight excluding hydrogens is 349 g/mol. The van der Waals surface area contributed by atoms with Gasteiger partial charge in [0, 0.05) is 29.8 Å². The molecule has 0 aromatic heterocycles. The second-order valence-corrected chi connectivity index (χ2v) is 6.92. The van der Waals surface area contributed by atoms with Gasteiger partial charge in [0.05, 0.1) is 0 Å². The van der Waals surface area contributed by atoms with Gasteiger partial charge < -0.3 is 15.5 Å². The van der Waals surface area contributed by atoms with E-state index in [4.69, 9.17) is 17.3 Å². The maximum atomic E-state index is 12.8. The van der Waals surface area contributed by atoms with Crippen LogP contribution >= 0.6 is 24.0 Å². The van der Waals surface area contributed by atoms with E-state index < -0.39 is 5.92 Å². The molecule has 2 aliphatic rings. The van der Waals surface area contributed by atoms with Gasteiger partial charge in [0.1, 0.15) is 5.92 Å².